The van der Waals surface area contributed by atoms with Crippen LogP contribution in [-0.4, -0.2) is 39.7 Å². The van der Waals surface area contributed by atoms with Crippen LogP contribution in [-0.2, 0) is 19.6 Å². The van der Waals surface area contributed by atoms with Gasteiger partial charge in [-0.1, -0.05) is 29.8 Å². The predicted molar refractivity (Wildman–Crippen MR) is 109 cm³/mol. The number of para-hydroxylation sites is 1. The Morgan fingerprint density at radius 1 is 1.14 bits per heavy atom. The van der Waals surface area contributed by atoms with Gasteiger partial charge in [-0.3, -0.25) is 9.10 Å². The summed E-state index contributed by atoms with van der Waals surface area (Å²) in [6.45, 7) is 3.14. The molecule has 2 aromatic carbocycles. The third-order valence-corrected chi connectivity index (χ3v) is 5.36. The van der Waals surface area contributed by atoms with E-state index in [2.05, 4.69) is 5.32 Å². The van der Waals surface area contributed by atoms with Crippen LogP contribution in [0.15, 0.2) is 42.5 Å². The van der Waals surface area contributed by atoms with Crippen LogP contribution in [0.1, 0.15) is 22.8 Å². The number of sulfonamides is 1. The molecule has 0 aliphatic rings. The van der Waals surface area contributed by atoms with Crippen LogP contribution >= 0.6 is 11.6 Å². The second kappa shape index (κ2) is 9.07. The van der Waals surface area contributed by atoms with Crippen molar-refractivity contribution in [2.24, 2.45) is 0 Å². The Labute approximate surface area is 169 Å². The third kappa shape index (κ3) is 5.24. The lowest BCUT2D eigenvalue weighted by atomic mass is 10.1. The number of nitrogens with one attached hydrogen (secondary N) is 1. The van der Waals surface area contributed by atoms with Crippen LogP contribution in [0.25, 0.3) is 0 Å². The summed E-state index contributed by atoms with van der Waals surface area (Å²) < 4.78 is 30.3. The van der Waals surface area contributed by atoms with Crippen molar-refractivity contribution in [3.8, 4) is 0 Å². The number of carbonyl (C=O) groups is 2. The zero-order chi connectivity index (χ0) is 20.9. The number of halogens is 1. The van der Waals surface area contributed by atoms with Gasteiger partial charge in [0.25, 0.3) is 0 Å². The Morgan fingerprint density at radius 2 is 1.82 bits per heavy atom. The maximum atomic E-state index is 12.5. The van der Waals surface area contributed by atoms with E-state index in [9.17, 15) is 18.0 Å². The Balaban J connectivity index is 2.26. The van der Waals surface area contributed by atoms with Crippen LogP contribution < -0.4 is 9.62 Å². The summed E-state index contributed by atoms with van der Waals surface area (Å²) in [7, 11) is -3.75. The van der Waals surface area contributed by atoms with E-state index < -0.39 is 28.4 Å². The van der Waals surface area contributed by atoms with Crippen molar-refractivity contribution < 1.29 is 22.7 Å². The predicted octanol–water partition coefficient (Wildman–Crippen LogP) is 3.23. The highest BCUT2D eigenvalue weighted by Gasteiger charge is 2.23. The molecule has 1 amide bonds. The van der Waals surface area contributed by atoms with E-state index in [1.54, 1.807) is 50.2 Å². The lowest BCUT2D eigenvalue weighted by molar-refractivity contribution is -0.114. The number of benzene rings is 2. The molecule has 2 aromatic rings. The van der Waals surface area contributed by atoms with Crippen LogP contribution in [0.4, 0.5) is 11.4 Å². The average molecular weight is 425 g/mol. The summed E-state index contributed by atoms with van der Waals surface area (Å²) in [5.41, 5.74) is 1.45. The minimum absolute atomic E-state index is 0.207. The standard InChI is InChI=1S/C19H21ClN2O5S/c1-4-27-19(24)14-8-7-10-16(13(14)2)21-18(23)12-22(28(3,25)26)17-11-6-5-9-15(17)20/h5-11H,4,12H2,1-3H3,(H,21,23). The van der Waals surface area contributed by atoms with E-state index in [0.29, 0.717) is 16.8 Å². The number of hydrogen-bond donors (Lipinski definition) is 1. The second-order valence-corrected chi connectivity index (χ2v) is 8.28. The molecule has 0 unspecified atom stereocenters. The lowest BCUT2D eigenvalue weighted by Crippen LogP contribution is -2.37. The topological polar surface area (TPSA) is 92.8 Å². The third-order valence-electron chi connectivity index (χ3n) is 3.91. The van der Waals surface area contributed by atoms with Crippen LogP contribution in [0.3, 0.4) is 0 Å². The van der Waals surface area contributed by atoms with Gasteiger partial charge in [0.05, 0.1) is 29.1 Å². The highest BCUT2D eigenvalue weighted by Crippen LogP contribution is 2.27. The van der Waals surface area contributed by atoms with Gasteiger partial charge in [0, 0.05) is 5.69 Å². The molecule has 150 valence electrons. The SMILES string of the molecule is CCOC(=O)c1cccc(NC(=O)CN(c2ccccc2Cl)S(C)(=O)=O)c1C. The number of ether oxygens (including phenoxy) is 1. The number of carbonyl (C=O) groups excluding carboxylic acids is 2. The first kappa shape index (κ1) is 21.7. The van der Waals surface area contributed by atoms with Gasteiger partial charge >= 0.3 is 5.97 Å². The van der Waals surface area contributed by atoms with Gasteiger partial charge in [-0.25, -0.2) is 13.2 Å². The van der Waals surface area contributed by atoms with Gasteiger partial charge in [-0.05, 0) is 43.7 Å². The Bertz CT molecular complexity index is 992. The fraction of sp³-hybridized carbons (Fsp3) is 0.263. The first-order valence-electron chi connectivity index (χ1n) is 8.44. The molecule has 0 heterocycles. The van der Waals surface area contributed by atoms with E-state index in [1.165, 1.54) is 6.07 Å². The van der Waals surface area contributed by atoms with E-state index in [1.807, 2.05) is 0 Å². The number of amides is 1. The second-order valence-electron chi connectivity index (χ2n) is 5.97. The monoisotopic (exact) mass is 424 g/mol. The highest BCUT2D eigenvalue weighted by molar-refractivity contribution is 7.92. The van der Waals surface area contributed by atoms with Crippen LogP contribution in [0, 0.1) is 6.92 Å². The number of anilines is 2. The summed E-state index contributed by atoms with van der Waals surface area (Å²) in [4.78, 5) is 24.5. The largest absolute Gasteiger partial charge is 0.462 e. The zero-order valence-electron chi connectivity index (χ0n) is 15.7. The van der Waals surface area contributed by atoms with Gasteiger partial charge in [-0.2, -0.15) is 0 Å². The molecule has 0 aromatic heterocycles. The molecule has 0 saturated heterocycles. The summed E-state index contributed by atoms with van der Waals surface area (Å²) >= 11 is 6.09. The lowest BCUT2D eigenvalue weighted by Gasteiger charge is -2.23. The molecule has 0 saturated carbocycles. The Kier molecular flexibility index (Phi) is 7.04. The molecule has 0 bridgehead atoms. The van der Waals surface area contributed by atoms with Crippen molar-refractivity contribution in [2.75, 3.05) is 29.0 Å². The number of rotatable bonds is 7. The smallest absolute Gasteiger partial charge is 0.338 e. The van der Waals surface area contributed by atoms with Gasteiger partial charge in [-0.15, -0.1) is 0 Å². The van der Waals surface area contributed by atoms with E-state index in [4.69, 9.17) is 16.3 Å². The molecule has 28 heavy (non-hydrogen) atoms. The van der Waals surface area contributed by atoms with Crippen LogP contribution in [0.2, 0.25) is 5.02 Å². The summed E-state index contributed by atoms with van der Waals surface area (Å²) in [5.74, 6) is -1.07. The Morgan fingerprint density at radius 3 is 2.43 bits per heavy atom. The van der Waals surface area contributed by atoms with E-state index in [0.717, 1.165) is 10.6 Å². The molecular formula is C19H21ClN2O5S. The molecule has 9 heteroatoms. The first-order chi connectivity index (χ1) is 13.1. The molecule has 0 spiro atoms. The summed E-state index contributed by atoms with van der Waals surface area (Å²) in [6.07, 6.45) is 0.996. The highest BCUT2D eigenvalue weighted by atomic mass is 35.5. The van der Waals surface area contributed by atoms with Crippen molar-refractivity contribution >= 4 is 44.9 Å². The van der Waals surface area contributed by atoms with Gasteiger partial charge in [0.2, 0.25) is 15.9 Å². The van der Waals surface area contributed by atoms with Crippen molar-refractivity contribution in [1.29, 1.82) is 0 Å². The summed E-state index contributed by atoms with van der Waals surface area (Å²) in [5, 5.41) is 2.85. The number of esters is 1. The first-order valence-corrected chi connectivity index (χ1v) is 10.7. The molecule has 2 rings (SSSR count). The van der Waals surface area contributed by atoms with Crippen LogP contribution in [0.5, 0.6) is 0 Å². The molecule has 0 aliphatic heterocycles. The minimum Gasteiger partial charge on any atom is -0.462 e. The maximum absolute atomic E-state index is 12.5. The molecular weight excluding hydrogens is 404 g/mol. The normalized spacial score (nSPS) is 11.0. The van der Waals surface area contributed by atoms with Crippen molar-refractivity contribution in [1.82, 2.24) is 0 Å². The quantitative estimate of drug-likeness (QED) is 0.689. The zero-order valence-corrected chi connectivity index (χ0v) is 17.3. The molecule has 0 aliphatic carbocycles. The van der Waals surface area contributed by atoms with Crippen molar-refractivity contribution in [3.05, 3.63) is 58.6 Å². The minimum atomic E-state index is -3.75. The molecule has 1 N–H and O–H groups in total. The van der Waals surface area contributed by atoms with Gasteiger partial charge < -0.3 is 10.1 Å². The van der Waals surface area contributed by atoms with Gasteiger partial charge in [0.1, 0.15) is 6.54 Å². The number of hydrogen-bond acceptors (Lipinski definition) is 5. The number of nitrogens with zero attached hydrogens (tertiary/aromatic N) is 1. The Hall–Kier alpha value is -2.58. The van der Waals surface area contributed by atoms with Gasteiger partial charge in [0.15, 0.2) is 0 Å². The van der Waals surface area contributed by atoms with E-state index >= 15 is 0 Å². The molecule has 0 fully saturated rings. The maximum Gasteiger partial charge on any atom is 0.338 e. The fourth-order valence-corrected chi connectivity index (χ4v) is 3.71. The fourth-order valence-electron chi connectivity index (χ4n) is 2.56. The van der Waals surface area contributed by atoms with Crippen molar-refractivity contribution in [2.45, 2.75) is 13.8 Å². The average Bonchev–Trinajstić information content (AvgIpc) is 2.61. The van der Waals surface area contributed by atoms with Crippen molar-refractivity contribution in [3.63, 3.8) is 0 Å². The molecule has 0 radical (unpaired) electrons. The molecule has 0 atom stereocenters. The van der Waals surface area contributed by atoms with E-state index in [-0.39, 0.29) is 17.3 Å². The molecule has 7 nitrogen and oxygen atoms in total. The summed E-state index contributed by atoms with van der Waals surface area (Å²) in [6, 6.07) is 11.2.